The Morgan fingerprint density at radius 1 is 0.846 bits per heavy atom. The van der Waals surface area contributed by atoms with Gasteiger partial charge in [0, 0.05) is 10.4 Å². The third-order valence-electron chi connectivity index (χ3n) is 0. The zero-order valence-corrected chi connectivity index (χ0v) is 16.6. The first kappa shape index (κ1) is 36.0. The molecule has 0 unspecified atom stereocenters. The Morgan fingerprint density at radius 2 is 0.846 bits per heavy atom. The summed E-state index contributed by atoms with van der Waals surface area (Å²) in [5.74, 6) is 0. The smallest absolute Gasteiger partial charge is 0.759 e. The molecule has 0 N–H and O–H groups in total. The van der Waals surface area contributed by atoms with Gasteiger partial charge in [-0.15, -0.1) is 0 Å². The molecule has 0 aliphatic heterocycles. The first-order chi connectivity index (χ1) is 3.73. The van der Waals surface area contributed by atoms with Crippen molar-refractivity contribution in [1.29, 1.82) is 0 Å². The van der Waals surface area contributed by atoms with Gasteiger partial charge < -0.3 is 24.1 Å². The van der Waals surface area contributed by atoms with Crippen molar-refractivity contribution < 1.29 is 151 Å². The van der Waals surface area contributed by atoms with Gasteiger partial charge in [0.05, 0.1) is 0 Å². The fraction of sp³-hybridized carbons (Fsp3) is 0. The van der Waals surface area contributed by atoms with E-state index in [0.29, 0.717) is 0 Å². The second kappa shape index (κ2) is 20.5. The Bertz CT molecular complexity index is 163. The first-order valence-corrected chi connectivity index (χ1v) is 2.61. The van der Waals surface area contributed by atoms with Crippen molar-refractivity contribution >= 4 is 16.6 Å². The van der Waals surface area contributed by atoms with Crippen molar-refractivity contribution in [3.63, 3.8) is 0 Å². The maximum atomic E-state index is 8.52. The molecule has 0 radical (unpaired) electrons. The second-order valence-corrected chi connectivity index (χ2v) is 1.47. The van der Waals surface area contributed by atoms with Crippen LogP contribution < -0.4 is 128 Å². The number of rotatable bonds is 0. The molecule has 0 fully saturated rings. The molecule has 0 atom stereocenters. The molecule has 56 valence electrons. The second-order valence-electron chi connectivity index (χ2n) is 0.658. The van der Waals surface area contributed by atoms with Crippen LogP contribution in [0.2, 0.25) is 0 Å². The molecule has 13 heavy (non-hydrogen) atoms. The van der Waals surface area contributed by atoms with Gasteiger partial charge in [-0.25, -0.2) is 0 Å². The molecule has 0 amide bonds. The summed E-state index contributed by atoms with van der Waals surface area (Å²) in [5.41, 5.74) is 0. The van der Waals surface area contributed by atoms with Gasteiger partial charge in [0.1, 0.15) is 0 Å². The average molecular weight is 248 g/mol. The zero-order valence-electron chi connectivity index (χ0n) is 7.77. The summed E-state index contributed by atoms with van der Waals surface area (Å²) in [6.45, 7) is 0. The molecule has 0 aromatic heterocycles. The monoisotopic (exact) mass is 248 g/mol. The minimum Gasteiger partial charge on any atom is -0.759 e. The third kappa shape index (κ3) is 265. The van der Waals surface area contributed by atoms with Crippen LogP contribution in [0.3, 0.4) is 0 Å². The summed E-state index contributed by atoms with van der Waals surface area (Å²) in [5, 5.41) is 16.7. The van der Waals surface area contributed by atoms with Gasteiger partial charge in [0.2, 0.25) is 0 Å². The van der Waals surface area contributed by atoms with E-state index in [1.807, 2.05) is 0 Å². The quantitative estimate of drug-likeness (QED) is 0.235. The molecule has 0 spiro atoms. The summed E-state index contributed by atoms with van der Waals surface area (Å²) in [4.78, 5) is 8.33. The zero-order chi connectivity index (χ0) is 8.08. The van der Waals surface area contributed by atoms with E-state index in [2.05, 4.69) is 0 Å². The normalized spacial score (nSPS) is 6.31. The van der Waals surface area contributed by atoms with Crippen LogP contribution in [0.15, 0.2) is 0 Å². The van der Waals surface area contributed by atoms with E-state index in [-0.39, 0.29) is 118 Å². The SMILES string of the molecule is O=C([O-])[O-].O=S(=O)([O-])[O-].[Na+].[Na+].[Na+].[Na+]. The summed E-state index contributed by atoms with van der Waals surface area (Å²) >= 11 is 0. The van der Waals surface area contributed by atoms with Crippen LogP contribution in [0.1, 0.15) is 0 Å². The number of carboxylic acid groups (broad SMARTS) is 2. The fourth-order valence-electron chi connectivity index (χ4n) is 0. The first-order valence-electron chi connectivity index (χ1n) is 1.28. The van der Waals surface area contributed by atoms with Gasteiger partial charge in [0.25, 0.3) is 0 Å². The van der Waals surface area contributed by atoms with Gasteiger partial charge >= 0.3 is 118 Å². The van der Waals surface area contributed by atoms with Crippen LogP contribution in [0.25, 0.3) is 0 Å². The average Bonchev–Trinajstić information content (AvgIpc) is 1.19. The number of hydrogen-bond donors (Lipinski definition) is 0. The van der Waals surface area contributed by atoms with Crippen molar-refractivity contribution in [3.05, 3.63) is 0 Å². The van der Waals surface area contributed by atoms with Crippen LogP contribution in [0, 0.1) is 0 Å². The molecular weight excluding hydrogens is 248 g/mol. The molecule has 0 saturated carbocycles. The van der Waals surface area contributed by atoms with E-state index in [4.69, 9.17) is 32.5 Å². The van der Waals surface area contributed by atoms with Crippen LogP contribution in [0.4, 0.5) is 4.79 Å². The molecule has 0 aliphatic rings. The molecule has 12 heteroatoms. The summed E-state index contributed by atoms with van der Waals surface area (Å²) in [6.07, 6.45) is -2.33. The van der Waals surface area contributed by atoms with Crippen molar-refractivity contribution in [1.82, 2.24) is 0 Å². The molecule has 7 nitrogen and oxygen atoms in total. The maximum absolute atomic E-state index is 8.52. The van der Waals surface area contributed by atoms with Crippen LogP contribution >= 0.6 is 0 Å². The van der Waals surface area contributed by atoms with E-state index in [0.717, 1.165) is 0 Å². The molecule has 0 heterocycles. The number of hydrogen-bond acceptors (Lipinski definition) is 7. The third-order valence-corrected chi connectivity index (χ3v) is 0. The van der Waals surface area contributed by atoms with Crippen molar-refractivity contribution in [2.45, 2.75) is 0 Å². The Hall–Kier alpha value is 3.14. The molecule has 0 aromatic carbocycles. The summed E-state index contributed by atoms with van der Waals surface area (Å²) < 4.78 is 34.1. The van der Waals surface area contributed by atoms with Crippen molar-refractivity contribution in [3.8, 4) is 0 Å². The standard InChI is InChI=1S/CH2O3.4Na.H2O4S/c2-1(3)4;;;;;1-5(2,3)4/h(H2,2,3,4);;;;;(H2,1,2,3,4)/q;4*+1;/p-4. The predicted molar refractivity (Wildman–Crippen MR) is 15.9 cm³/mol. The molecular formula is CNa4O7S. The number of carbonyl (C=O) groups excluding carboxylic acids is 1. The molecule has 0 aliphatic carbocycles. The summed E-state index contributed by atoms with van der Waals surface area (Å²) in [7, 11) is -5.17. The Morgan fingerprint density at radius 3 is 0.846 bits per heavy atom. The maximum Gasteiger partial charge on any atom is 1.00 e. The van der Waals surface area contributed by atoms with Crippen molar-refractivity contribution in [2.24, 2.45) is 0 Å². The van der Waals surface area contributed by atoms with Crippen molar-refractivity contribution in [2.75, 3.05) is 0 Å². The van der Waals surface area contributed by atoms with E-state index in [9.17, 15) is 0 Å². The van der Waals surface area contributed by atoms with Gasteiger partial charge in [-0.3, -0.25) is 8.42 Å². The molecule has 0 saturated heterocycles. The Labute approximate surface area is 164 Å². The van der Waals surface area contributed by atoms with E-state index < -0.39 is 16.6 Å². The van der Waals surface area contributed by atoms with Crippen LogP contribution in [-0.2, 0) is 10.4 Å². The molecule has 0 bridgehead atoms. The summed E-state index contributed by atoms with van der Waals surface area (Å²) in [6, 6.07) is 0. The Kier molecular flexibility index (Phi) is 56.8. The predicted octanol–water partition coefficient (Wildman–Crippen LogP) is -15.8. The van der Waals surface area contributed by atoms with Gasteiger partial charge in [-0.05, 0) is 6.16 Å². The Balaban J connectivity index is -0.0000000146. The van der Waals surface area contributed by atoms with Gasteiger partial charge in [-0.2, -0.15) is 0 Å². The van der Waals surface area contributed by atoms with Gasteiger partial charge in [-0.1, -0.05) is 0 Å². The topological polar surface area (TPSA) is 143 Å². The van der Waals surface area contributed by atoms with Crippen LogP contribution in [0.5, 0.6) is 0 Å². The van der Waals surface area contributed by atoms with E-state index in [1.165, 1.54) is 0 Å². The number of carbonyl (C=O) groups is 1. The van der Waals surface area contributed by atoms with E-state index >= 15 is 0 Å². The van der Waals surface area contributed by atoms with E-state index in [1.54, 1.807) is 0 Å². The minimum atomic E-state index is -5.17. The van der Waals surface area contributed by atoms with Gasteiger partial charge in [0.15, 0.2) is 0 Å². The van der Waals surface area contributed by atoms with Crippen LogP contribution in [-0.4, -0.2) is 23.7 Å². The minimum absolute atomic E-state index is 0. The largest absolute Gasteiger partial charge is 1.00 e. The fourth-order valence-corrected chi connectivity index (χ4v) is 0. The molecule has 0 aromatic rings. The molecule has 0 rings (SSSR count).